The van der Waals surface area contributed by atoms with E-state index < -0.39 is 5.97 Å². The number of amides is 1. The Kier molecular flexibility index (Phi) is 7.89. The molecule has 2 aromatic carbocycles. The third-order valence-electron chi connectivity index (χ3n) is 4.43. The molecule has 1 aliphatic rings. The van der Waals surface area contributed by atoms with Crippen LogP contribution in [0.4, 0.5) is 5.69 Å². The highest BCUT2D eigenvalue weighted by Gasteiger charge is 2.32. The van der Waals surface area contributed by atoms with Gasteiger partial charge in [0.15, 0.2) is 11.8 Å². The summed E-state index contributed by atoms with van der Waals surface area (Å²) in [6.07, 6.45) is 2.70. The molecular weight excluding hydrogens is 412 g/mol. The van der Waals surface area contributed by atoms with Crippen molar-refractivity contribution in [1.82, 2.24) is 4.90 Å². The number of aryl methyl sites for hydroxylation is 1. The smallest absolute Gasteiger partial charge is 0.344 e. The zero-order valence-electron chi connectivity index (χ0n) is 18.0. The van der Waals surface area contributed by atoms with Gasteiger partial charge in [-0.05, 0) is 67.9 Å². The molecule has 0 bridgehead atoms. The van der Waals surface area contributed by atoms with Crippen molar-refractivity contribution in [2.45, 2.75) is 27.2 Å². The Labute approximate surface area is 187 Å². The second-order valence-electron chi connectivity index (χ2n) is 6.96. The largest absolute Gasteiger partial charge is 0.482 e. The number of carbonyl (C=O) groups excluding carboxylic acids is 2. The van der Waals surface area contributed by atoms with E-state index in [0.29, 0.717) is 29.0 Å². The molecule has 0 saturated carbocycles. The lowest BCUT2D eigenvalue weighted by molar-refractivity contribution is -0.145. The van der Waals surface area contributed by atoms with Crippen LogP contribution in [0.25, 0.3) is 6.08 Å². The number of rotatable bonds is 8. The van der Waals surface area contributed by atoms with Crippen molar-refractivity contribution >= 4 is 40.6 Å². The summed E-state index contributed by atoms with van der Waals surface area (Å²) in [6, 6.07) is 15.1. The van der Waals surface area contributed by atoms with Crippen molar-refractivity contribution in [2.24, 2.45) is 4.99 Å². The van der Waals surface area contributed by atoms with Crippen molar-refractivity contribution in [3.63, 3.8) is 0 Å². The molecule has 31 heavy (non-hydrogen) atoms. The quantitative estimate of drug-likeness (QED) is 0.431. The first kappa shape index (κ1) is 22.6. The molecule has 3 rings (SSSR count). The van der Waals surface area contributed by atoms with Crippen LogP contribution in [0.1, 0.15) is 31.4 Å². The maximum Gasteiger partial charge on any atom is 0.344 e. The summed E-state index contributed by atoms with van der Waals surface area (Å²) in [5, 5.41) is 0.691. The molecule has 7 heteroatoms. The molecule has 0 unspecified atom stereocenters. The number of thioether (sulfide) groups is 1. The zero-order valence-corrected chi connectivity index (χ0v) is 18.8. The number of esters is 1. The van der Waals surface area contributed by atoms with E-state index in [2.05, 4.69) is 0 Å². The first-order chi connectivity index (χ1) is 15.0. The molecule has 1 saturated heterocycles. The number of nitrogens with zero attached hydrogens (tertiary/aromatic N) is 2. The van der Waals surface area contributed by atoms with Gasteiger partial charge >= 0.3 is 5.97 Å². The van der Waals surface area contributed by atoms with Crippen LogP contribution in [0.3, 0.4) is 0 Å². The van der Waals surface area contributed by atoms with Crippen LogP contribution in [-0.4, -0.2) is 41.7 Å². The molecule has 1 fully saturated rings. The SMILES string of the molecule is CCCN1C(=O)/C(=C\c2ccc(OCC(=O)OCC)cc2)SC1=Nc1ccc(C)cc1. The van der Waals surface area contributed by atoms with E-state index in [0.717, 1.165) is 17.7 Å². The fourth-order valence-electron chi connectivity index (χ4n) is 2.90. The van der Waals surface area contributed by atoms with Gasteiger partial charge in [0.2, 0.25) is 0 Å². The number of hydrogen-bond donors (Lipinski definition) is 0. The normalized spacial score (nSPS) is 16.2. The Morgan fingerprint density at radius 2 is 1.81 bits per heavy atom. The Hall–Kier alpha value is -3.06. The van der Waals surface area contributed by atoms with Gasteiger partial charge in [0, 0.05) is 6.54 Å². The highest BCUT2D eigenvalue weighted by atomic mass is 32.2. The Morgan fingerprint density at radius 1 is 1.10 bits per heavy atom. The van der Waals surface area contributed by atoms with Gasteiger partial charge in [-0.1, -0.05) is 36.8 Å². The maximum atomic E-state index is 12.9. The highest BCUT2D eigenvalue weighted by molar-refractivity contribution is 8.18. The summed E-state index contributed by atoms with van der Waals surface area (Å²) in [5.41, 5.74) is 2.86. The number of hydrogen-bond acceptors (Lipinski definition) is 6. The molecule has 2 aromatic rings. The van der Waals surface area contributed by atoms with Crippen molar-refractivity contribution in [3.05, 3.63) is 64.6 Å². The Bertz CT molecular complexity index is 982. The van der Waals surface area contributed by atoms with Crippen molar-refractivity contribution in [2.75, 3.05) is 19.8 Å². The third kappa shape index (κ3) is 6.21. The molecule has 0 spiro atoms. The topological polar surface area (TPSA) is 68.2 Å². The van der Waals surface area contributed by atoms with Crippen LogP contribution >= 0.6 is 11.8 Å². The van der Waals surface area contributed by atoms with E-state index in [9.17, 15) is 9.59 Å². The van der Waals surface area contributed by atoms with Crippen LogP contribution in [0.15, 0.2) is 58.4 Å². The summed E-state index contributed by atoms with van der Waals surface area (Å²) < 4.78 is 10.3. The summed E-state index contributed by atoms with van der Waals surface area (Å²) in [4.78, 5) is 31.4. The molecule has 1 amide bonds. The monoisotopic (exact) mass is 438 g/mol. The molecule has 0 aromatic heterocycles. The minimum Gasteiger partial charge on any atom is -0.482 e. The molecule has 1 aliphatic heterocycles. The molecule has 0 N–H and O–H groups in total. The summed E-state index contributed by atoms with van der Waals surface area (Å²) >= 11 is 1.38. The molecule has 0 atom stereocenters. The lowest BCUT2D eigenvalue weighted by atomic mass is 10.2. The van der Waals surface area contributed by atoms with Crippen LogP contribution in [0, 0.1) is 6.92 Å². The van der Waals surface area contributed by atoms with Gasteiger partial charge in [-0.3, -0.25) is 9.69 Å². The van der Waals surface area contributed by atoms with Gasteiger partial charge in [-0.15, -0.1) is 0 Å². The zero-order chi connectivity index (χ0) is 22.2. The van der Waals surface area contributed by atoms with Gasteiger partial charge in [0.25, 0.3) is 5.91 Å². The number of carbonyl (C=O) groups is 2. The first-order valence-electron chi connectivity index (χ1n) is 10.3. The Morgan fingerprint density at radius 3 is 2.45 bits per heavy atom. The van der Waals surface area contributed by atoms with Gasteiger partial charge in [0.05, 0.1) is 17.2 Å². The van der Waals surface area contributed by atoms with Crippen LogP contribution in [0.5, 0.6) is 5.75 Å². The summed E-state index contributed by atoms with van der Waals surface area (Å²) in [6.45, 7) is 6.63. The third-order valence-corrected chi connectivity index (χ3v) is 5.44. The van der Waals surface area contributed by atoms with Gasteiger partial charge in [-0.25, -0.2) is 9.79 Å². The molecule has 6 nitrogen and oxygen atoms in total. The second-order valence-corrected chi connectivity index (χ2v) is 7.97. The highest BCUT2D eigenvalue weighted by Crippen LogP contribution is 2.34. The number of benzene rings is 2. The van der Waals surface area contributed by atoms with Crippen molar-refractivity contribution < 1.29 is 19.1 Å². The van der Waals surface area contributed by atoms with E-state index in [1.807, 2.05) is 56.3 Å². The van der Waals surface area contributed by atoms with Crippen molar-refractivity contribution in [1.29, 1.82) is 0 Å². The molecule has 0 aliphatic carbocycles. The second kappa shape index (κ2) is 10.8. The number of amidine groups is 1. The standard InChI is InChI=1S/C24H26N2O4S/c1-4-14-26-23(28)21(31-24(26)25-19-10-6-17(3)7-11-19)15-18-8-12-20(13-9-18)30-16-22(27)29-5-2/h6-13,15H,4-5,14,16H2,1-3H3/b21-15+,25-24?. The molecule has 1 heterocycles. The molecular formula is C24H26N2O4S. The van der Waals surface area contributed by atoms with Gasteiger partial charge in [0.1, 0.15) is 5.75 Å². The predicted molar refractivity (Wildman–Crippen MR) is 124 cm³/mol. The van der Waals surface area contributed by atoms with Gasteiger partial charge in [-0.2, -0.15) is 0 Å². The summed E-state index contributed by atoms with van der Waals surface area (Å²) in [5.74, 6) is 0.119. The summed E-state index contributed by atoms with van der Waals surface area (Å²) in [7, 11) is 0. The van der Waals surface area contributed by atoms with E-state index >= 15 is 0 Å². The van der Waals surface area contributed by atoms with Crippen LogP contribution in [-0.2, 0) is 14.3 Å². The van der Waals surface area contributed by atoms with Crippen LogP contribution < -0.4 is 4.74 Å². The lowest BCUT2D eigenvalue weighted by Crippen LogP contribution is -2.29. The fraction of sp³-hybridized carbons (Fsp3) is 0.292. The van der Waals surface area contributed by atoms with E-state index in [1.165, 1.54) is 17.3 Å². The predicted octanol–water partition coefficient (Wildman–Crippen LogP) is 4.95. The first-order valence-corrected chi connectivity index (χ1v) is 11.1. The minimum absolute atomic E-state index is 0.0413. The number of aliphatic imine (C=N–C) groups is 1. The minimum atomic E-state index is -0.405. The van der Waals surface area contributed by atoms with E-state index in [-0.39, 0.29) is 12.5 Å². The molecule has 162 valence electrons. The average Bonchev–Trinajstić information content (AvgIpc) is 3.04. The molecule has 0 radical (unpaired) electrons. The Balaban J connectivity index is 1.74. The van der Waals surface area contributed by atoms with Crippen molar-refractivity contribution in [3.8, 4) is 5.75 Å². The van der Waals surface area contributed by atoms with E-state index in [1.54, 1.807) is 24.0 Å². The van der Waals surface area contributed by atoms with Gasteiger partial charge < -0.3 is 9.47 Å². The van der Waals surface area contributed by atoms with Crippen LogP contribution in [0.2, 0.25) is 0 Å². The number of ether oxygens (including phenoxy) is 2. The maximum absolute atomic E-state index is 12.9. The lowest BCUT2D eigenvalue weighted by Gasteiger charge is -2.13. The van der Waals surface area contributed by atoms with E-state index in [4.69, 9.17) is 14.5 Å². The fourth-order valence-corrected chi connectivity index (χ4v) is 3.92. The average molecular weight is 439 g/mol.